The van der Waals surface area contributed by atoms with E-state index in [0.717, 1.165) is 5.56 Å². The van der Waals surface area contributed by atoms with Crippen LogP contribution in [0.5, 0.6) is 11.5 Å². The molecule has 162 valence electrons. The normalized spacial score (nSPS) is 14.0. The molecule has 7 nitrogen and oxygen atoms in total. The molecule has 0 bridgehead atoms. The molecule has 3 N–H and O–H groups in total. The average molecular weight is 424 g/mol. The van der Waals surface area contributed by atoms with Gasteiger partial charge in [-0.1, -0.05) is 6.07 Å². The third-order valence-corrected chi connectivity index (χ3v) is 5.14. The van der Waals surface area contributed by atoms with Crippen molar-refractivity contribution in [2.45, 2.75) is 20.3 Å². The third-order valence-electron chi connectivity index (χ3n) is 5.14. The first-order valence-electron chi connectivity index (χ1n) is 10.3. The molecule has 0 radical (unpaired) electrons. The Balaban J connectivity index is 1.47. The molecule has 0 saturated heterocycles. The second-order valence-corrected chi connectivity index (χ2v) is 7.24. The second-order valence-electron chi connectivity index (χ2n) is 7.24. The molecule has 0 unspecified atom stereocenters. The zero-order chi connectivity index (χ0) is 22.0. The lowest BCUT2D eigenvalue weighted by molar-refractivity contribution is 0.287. The fourth-order valence-electron chi connectivity index (χ4n) is 3.69. The molecule has 4 rings (SSSR count). The van der Waals surface area contributed by atoms with Gasteiger partial charge in [0.25, 0.3) is 0 Å². The summed E-state index contributed by atoms with van der Waals surface area (Å²) in [5.74, 6) is 1.68. The fraction of sp³-hybridized carbons (Fsp3) is 0.304. The number of nitrogens with one attached hydrogen (secondary N) is 2. The van der Waals surface area contributed by atoms with Crippen LogP contribution in [0, 0.1) is 11.2 Å². The summed E-state index contributed by atoms with van der Waals surface area (Å²) >= 11 is 0. The van der Waals surface area contributed by atoms with Crippen molar-refractivity contribution in [2.75, 3.05) is 26.3 Å². The fourth-order valence-corrected chi connectivity index (χ4v) is 3.69. The van der Waals surface area contributed by atoms with Gasteiger partial charge >= 0.3 is 0 Å². The molecule has 1 aliphatic rings. The summed E-state index contributed by atoms with van der Waals surface area (Å²) in [5, 5.41) is 19.0. The van der Waals surface area contributed by atoms with Crippen LogP contribution >= 0.6 is 0 Å². The number of amidine groups is 1. The van der Waals surface area contributed by atoms with Crippen LogP contribution in [0.25, 0.3) is 16.6 Å². The maximum atomic E-state index is 13.5. The number of H-pyrrole nitrogens is 1. The van der Waals surface area contributed by atoms with E-state index in [2.05, 4.69) is 9.97 Å². The Morgan fingerprint density at radius 2 is 1.90 bits per heavy atom. The van der Waals surface area contributed by atoms with E-state index >= 15 is 0 Å². The van der Waals surface area contributed by atoms with Crippen LogP contribution in [-0.2, 0) is 6.42 Å². The number of nitrogens with zero attached hydrogens (tertiary/aromatic N) is 2. The van der Waals surface area contributed by atoms with Crippen LogP contribution in [0.3, 0.4) is 0 Å². The lowest BCUT2D eigenvalue weighted by Crippen LogP contribution is -2.29. The quantitative estimate of drug-likeness (QED) is 0.501. The summed E-state index contributed by atoms with van der Waals surface area (Å²) < 4.78 is 24.8. The molecule has 0 amide bonds. The second kappa shape index (κ2) is 8.67. The first kappa shape index (κ1) is 20.7. The molecule has 0 fully saturated rings. The number of benzene rings is 2. The Bertz CT molecular complexity index is 1150. The standard InChI is InChI=1S/C23H25FN4O3/c1-3-30-19-8-5-14(11-20(19)31-4-2)9-10-28-13-18(29)21(22(28)25)23-26-16-7-6-15(24)12-17(16)27-23/h5-8,11-12,25,29H,3-4,9-10,13H2,1-2H3,(H,26,27). The molecule has 2 heterocycles. The van der Waals surface area contributed by atoms with Gasteiger partial charge in [0, 0.05) is 6.54 Å². The van der Waals surface area contributed by atoms with E-state index in [-0.39, 0.29) is 24.0 Å². The van der Waals surface area contributed by atoms with Gasteiger partial charge in [-0.05, 0) is 56.2 Å². The van der Waals surface area contributed by atoms with Crippen molar-refractivity contribution in [2.24, 2.45) is 0 Å². The number of fused-ring (bicyclic) bond motifs is 1. The summed E-state index contributed by atoms with van der Waals surface area (Å²) in [6.07, 6.45) is 0.667. The van der Waals surface area contributed by atoms with E-state index in [0.29, 0.717) is 60.1 Å². The molecule has 8 heteroatoms. The Hall–Kier alpha value is -3.55. The summed E-state index contributed by atoms with van der Waals surface area (Å²) in [7, 11) is 0. The zero-order valence-electron chi connectivity index (χ0n) is 17.5. The van der Waals surface area contributed by atoms with Gasteiger partial charge in [0.15, 0.2) is 11.5 Å². The van der Waals surface area contributed by atoms with E-state index in [9.17, 15) is 9.50 Å². The van der Waals surface area contributed by atoms with Crippen molar-refractivity contribution in [1.29, 1.82) is 5.41 Å². The van der Waals surface area contributed by atoms with Gasteiger partial charge in [-0.3, -0.25) is 5.41 Å². The minimum absolute atomic E-state index is 0.0752. The zero-order valence-corrected chi connectivity index (χ0v) is 17.5. The highest BCUT2D eigenvalue weighted by Gasteiger charge is 2.30. The summed E-state index contributed by atoms with van der Waals surface area (Å²) in [4.78, 5) is 9.20. The largest absolute Gasteiger partial charge is 0.510 e. The SMILES string of the molecule is CCOc1ccc(CCN2CC(O)=C(c3nc4ccc(F)cc4[nH]3)C2=N)cc1OCC. The van der Waals surface area contributed by atoms with Gasteiger partial charge in [-0.2, -0.15) is 0 Å². The van der Waals surface area contributed by atoms with Crippen molar-refractivity contribution in [1.82, 2.24) is 14.9 Å². The highest BCUT2D eigenvalue weighted by Crippen LogP contribution is 2.30. The monoisotopic (exact) mass is 424 g/mol. The van der Waals surface area contributed by atoms with E-state index < -0.39 is 0 Å². The van der Waals surface area contributed by atoms with E-state index in [1.807, 2.05) is 32.0 Å². The molecule has 0 saturated carbocycles. The lowest BCUT2D eigenvalue weighted by Gasteiger charge is -2.19. The summed E-state index contributed by atoms with van der Waals surface area (Å²) in [6, 6.07) is 10.1. The van der Waals surface area contributed by atoms with Crippen LogP contribution < -0.4 is 9.47 Å². The first-order chi connectivity index (χ1) is 15.0. The predicted octanol–water partition coefficient (Wildman–Crippen LogP) is 4.30. The first-order valence-corrected chi connectivity index (χ1v) is 10.3. The highest BCUT2D eigenvalue weighted by molar-refractivity contribution is 6.23. The number of aromatic amines is 1. The minimum atomic E-state index is -0.370. The minimum Gasteiger partial charge on any atom is -0.510 e. The Kier molecular flexibility index (Phi) is 5.79. The molecule has 1 aromatic heterocycles. The number of aliphatic hydroxyl groups is 1. The number of hydrogen-bond acceptors (Lipinski definition) is 5. The molecule has 2 aromatic carbocycles. The number of halogens is 1. The summed E-state index contributed by atoms with van der Waals surface area (Å²) in [6.45, 7) is 5.74. The molecule has 0 aliphatic carbocycles. The van der Waals surface area contributed by atoms with Crippen LogP contribution in [0.2, 0.25) is 0 Å². The van der Waals surface area contributed by atoms with Crippen molar-refractivity contribution in [3.8, 4) is 11.5 Å². The van der Waals surface area contributed by atoms with Gasteiger partial charge in [-0.25, -0.2) is 9.37 Å². The number of aromatic nitrogens is 2. The summed E-state index contributed by atoms with van der Waals surface area (Å²) in [5.41, 5.74) is 2.50. The van der Waals surface area contributed by atoms with Crippen molar-refractivity contribution >= 4 is 22.4 Å². The van der Waals surface area contributed by atoms with E-state index in [4.69, 9.17) is 14.9 Å². The lowest BCUT2D eigenvalue weighted by atomic mass is 10.1. The smallest absolute Gasteiger partial charge is 0.161 e. The average Bonchev–Trinajstić information content (AvgIpc) is 3.27. The number of hydrogen-bond donors (Lipinski definition) is 3. The number of imidazole rings is 1. The van der Waals surface area contributed by atoms with Crippen LogP contribution in [0.15, 0.2) is 42.2 Å². The van der Waals surface area contributed by atoms with Crippen molar-refractivity contribution < 1.29 is 19.0 Å². The van der Waals surface area contributed by atoms with Gasteiger partial charge in [-0.15, -0.1) is 0 Å². The van der Waals surface area contributed by atoms with Crippen molar-refractivity contribution in [3.05, 3.63) is 59.4 Å². The van der Waals surface area contributed by atoms with Crippen LogP contribution in [0.1, 0.15) is 25.2 Å². The van der Waals surface area contributed by atoms with Crippen molar-refractivity contribution in [3.63, 3.8) is 0 Å². The van der Waals surface area contributed by atoms with E-state index in [1.54, 1.807) is 11.0 Å². The molecular formula is C23H25FN4O3. The van der Waals surface area contributed by atoms with E-state index in [1.165, 1.54) is 12.1 Å². The predicted molar refractivity (Wildman–Crippen MR) is 117 cm³/mol. The maximum Gasteiger partial charge on any atom is 0.161 e. The number of aliphatic hydroxyl groups excluding tert-OH is 1. The third kappa shape index (κ3) is 4.19. The topological polar surface area (TPSA) is 94.5 Å². The Morgan fingerprint density at radius 1 is 1.13 bits per heavy atom. The Labute approximate surface area is 179 Å². The number of ether oxygens (including phenoxy) is 2. The molecule has 0 spiro atoms. The van der Waals surface area contributed by atoms with Crippen LogP contribution in [0.4, 0.5) is 4.39 Å². The van der Waals surface area contributed by atoms with Gasteiger partial charge in [0.05, 0.1) is 36.4 Å². The highest BCUT2D eigenvalue weighted by atomic mass is 19.1. The molecule has 31 heavy (non-hydrogen) atoms. The maximum absolute atomic E-state index is 13.5. The van der Waals surface area contributed by atoms with Gasteiger partial charge in [0.1, 0.15) is 23.2 Å². The molecule has 3 aromatic rings. The van der Waals surface area contributed by atoms with Gasteiger partial charge in [0.2, 0.25) is 0 Å². The number of rotatable bonds is 8. The molecule has 1 aliphatic heterocycles. The molecule has 0 atom stereocenters. The molecular weight excluding hydrogens is 399 g/mol. The Morgan fingerprint density at radius 3 is 2.68 bits per heavy atom. The van der Waals surface area contributed by atoms with Gasteiger partial charge < -0.3 is 24.5 Å². The van der Waals surface area contributed by atoms with Crippen LogP contribution in [-0.4, -0.2) is 52.1 Å².